The zero-order valence-corrected chi connectivity index (χ0v) is 14.4. The molecule has 3 heteroatoms. The zero-order chi connectivity index (χ0) is 14.7. The summed E-state index contributed by atoms with van der Waals surface area (Å²) in [7, 11) is 0. The first-order valence-electron chi connectivity index (χ1n) is 8.65. The monoisotopic (exact) mass is 306 g/mol. The quantitative estimate of drug-likeness (QED) is 0.907. The lowest BCUT2D eigenvalue weighted by atomic mass is 9.81. The Morgan fingerprint density at radius 3 is 2.81 bits per heavy atom. The van der Waals surface area contributed by atoms with Gasteiger partial charge in [0, 0.05) is 36.1 Å². The predicted octanol–water partition coefficient (Wildman–Crippen LogP) is 3.92. The summed E-state index contributed by atoms with van der Waals surface area (Å²) in [6.45, 7) is 8.30. The Morgan fingerprint density at radius 1 is 1.29 bits per heavy atom. The number of rotatable bonds is 4. The predicted molar refractivity (Wildman–Crippen MR) is 92.0 cm³/mol. The number of hydrogen-bond donors (Lipinski definition) is 1. The Bertz CT molecular complexity index is 420. The lowest BCUT2D eigenvalue weighted by Gasteiger charge is -2.48. The van der Waals surface area contributed by atoms with Crippen molar-refractivity contribution >= 4 is 11.3 Å². The SMILES string of the molecule is CC1(C)CN(CCc2cccs2)C(C2CCCCC2)CN1. The molecule has 2 fully saturated rings. The van der Waals surface area contributed by atoms with Gasteiger partial charge in [-0.1, -0.05) is 25.3 Å². The Kier molecular flexibility index (Phi) is 5.03. The van der Waals surface area contributed by atoms with E-state index >= 15 is 0 Å². The molecule has 1 aromatic heterocycles. The second-order valence-corrected chi connectivity index (χ2v) is 8.56. The molecule has 1 saturated heterocycles. The van der Waals surface area contributed by atoms with E-state index in [1.54, 1.807) is 0 Å². The van der Waals surface area contributed by atoms with Crippen LogP contribution in [0.4, 0.5) is 0 Å². The molecule has 118 valence electrons. The van der Waals surface area contributed by atoms with Crippen molar-refractivity contribution in [3.63, 3.8) is 0 Å². The van der Waals surface area contributed by atoms with Crippen LogP contribution in [0.25, 0.3) is 0 Å². The van der Waals surface area contributed by atoms with Crippen LogP contribution in [0.3, 0.4) is 0 Å². The third-order valence-corrected chi connectivity index (χ3v) is 6.21. The van der Waals surface area contributed by atoms with Gasteiger partial charge in [0.1, 0.15) is 0 Å². The molecule has 3 rings (SSSR count). The van der Waals surface area contributed by atoms with Crippen LogP contribution in [0, 0.1) is 5.92 Å². The lowest BCUT2D eigenvalue weighted by molar-refractivity contribution is 0.0491. The molecule has 1 aliphatic heterocycles. The summed E-state index contributed by atoms with van der Waals surface area (Å²) in [6, 6.07) is 5.23. The van der Waals surface area contributed by atoms with Crippen molar-refractivity contribution in [3.8, 4) is 0 Å². The Labute approximate surface area is 133 Å². The van der Waals surface area contributed by atoms with Crippen molar-refractivity contribution in [2.75, 3.05) is 19.6 Å². The zero-order valence-electron chi connectivity index (χ0n) is 13.6. The molecule has 2 heterocycles. The van der Waals surface area contributed by atoms with Gasteiger partial charge in [-0.05, 0) is 50.5 Å². The molecule has 2 nitrogen and oxygen atoms in total. The normalized spacial score (nSPS) is 27.8. The largest absolute Gasteiger partial charge is 0.309 e. The number of nitrogens with zero attached hydrogens (tertiary/aromatic N) is 1. The molecular weight excluding hydrogens is 276 g/mol. The van der Waals surface area contributed by atoms with Crippen LogP contribution in [0.1, 0.15) is 50.8 Å². The van der Waals surface area contributed by atoms with E-state index in [-0.39, 0.29) is 5.54 Å². The van der Waals surface area contributed by atoms with Crippen molar-refractivity contribution in [1.29, 1.82) is 0 Å². The summed E-state index contributed by atoms with van der Waals surface area (Å²) < 4.78 is 0. The molecule has 0 bridgehead atoms. The molecule has 1 atom stereocenters. The van der Waals surface area contributed by atoms with Gasteiger partial charge in [-0.2, -0.15) is 0 Å². The molecule has 0 amide bonds. The first kappa shape index (κ1) is 15.5. The average molecular weight is 307 g/mol. The van der Waals surface area contributed by atoms with Gasteiger partial charge < -0.3 is 5.32 Å². The highest BCUT2D eigenvalue weighted by molar-refractivity contribution is 7.09. The van der Waals surface area contributed by atoms with Gasteiger partial charge in [-0.25, -0.2) is 0 Å². The summed E-state index contributed by atoms with van der Waals surface area (Å²) in [5.41, 5.74) is 0.265. The standard InChI is InChI=1S/C18H30N2S/c1-18(2)14-20(11-10-16-9-6-12-21-16)17(13-19-18)15-7-4-3-5-8-15/h6,9,12,15,17,19H,3-5,7-8,10-11,13-14H2,1-2H3. The molecule has 0 aromatic carbocycles. The highest BCUT2D eigenvalue weighted by Crippen LogP contribution is 2.31. The van der Waals surface area contributed by atoms with Crippen LogP contribution < -0.4 is 5.32 Å². The number of hydrogen-bond acceptors (Lipinski definition) is 3. The van der Waals surface area contributed by atoms with Crippen molar-refractivity contribution < 1.29 is 0 Å². The third-order valence-electron chi connectivity index (χ3n) is 5.28. The summed E-state index contributed by atoms with van der Waals surface area (Å²) in [5, 5.41) is 5.99. The molecule has 2 aliphatic rings. The fourth-order valence-electron chi connectivity index (χ4n) is 4.13. The van der Waals surface area contributed by atoms with Gasteiger partial charge >= 0.3 is 0 Å². The molecule has 0 radical (unpaired) electrons. The minimum absolute atomic E-state index is 0.265. The maximum absolute atomic E-state index is 3.79. The maximum Gasteiger partial charge on any atom is 0.0252 e. The number of piperazine rings is 1. The third kappa shape index (κ3) is 4.08. The van der Waals surface area contributed by atoms with Crippen molar-refractivity contribution in [3.05, 3.63) is 22.4 Å². The van der Waals surface area contributed by atoms with Gasteiger partial charge in [0.2, 0.25) is 0 Å². The lowest BCUT2D eigenvalue weighted by Crippen LogP contribution is -2.63. The molecule has 1 N–H and O–H groups in total. The van der Waals surface area contributed by atoms with Gasteiger partial charge in [-0.3, -0.25) is 4.90 Å². The van der Waals surface area contributed by atoms with Crippen LogP contribution in [0.15, 0.2) is 17.5 Å². The first-order valence-corrected chi connectivity index (χ1v) is 9.53. The van der Waals surface area contributed by atoms with E-state index in [0.717, 1.165) is 12.0 Å². The van der Waals surface area contributed by atoms with Gasteiger partial charge in [0.05, 0.1) is 0 Å². The summed E-state index contributed by atoms with van der Waals surface area (Å²) in [5.74, 6) is 0.922. The van der Waals surface area contributed by atoms with E-state index in [4.69, 9.17) is 0 Å². The van der Waals surface area contributed by atoms with Crippen LogP contribution >= 0.6 is 11.3 Å². The molecule has 0 spiro atoms. The van der Waals surface area contributed by atoms with Crippen molar-refractivity contribution in [2.24, 2.45) is 5.92 Å². The smallest absolute Gasteiger partial charge is 0.0252 e. The van der Waals surface area contributed by atoms with E-state index in [1.165, 1.54) is 63.0 Å². The Hall–Kier alpha value is -0.380. The van der Waals surface area contributed by atoms with Crippen LogP contribution in [-0.2, 0) is 6.42 Å². The second-order valence-electron chi connectivity index (χ2n) is 7.53. The molecule has 1 saturated carbocycles. The molecule has 21 heavy (non-hydrogen) atoms. The number of nitrogens with one attached hydrogen (secondary N) is 1. The average Bonchev–Trinajstić information content (AvgIpc) is 2.98. The highest BCUT2D eigenvalue weighted by Gasteiger charge is 2.36. The van der Waals surface area contributed by atoms with Crippen molar-refractivity contribution in [2.45, 2.75) is 64.0 Å². The minimum Gasteiger partial charge on any atom is -0.309 e. The molecule has 1 aliphatic carbocycles. The van der Waals surface area contributed by atoms with E-state index in [2.05, 4.69) is 41.6 Å². The highest BCUT2D eigenvalue weighted by atomic mass is 32.1. The van der Waals surface area contributed by atoms with Crippen molar-refractivity contribution in [1.82, 2.24) is 10.2 Å². The summed E-state index contributed by atoms with van der Waals surface area (Å²) in [4.78, 5) is 4.33. The van der Waals surface area contributed by atoms with Gasteiger partial charge in [0.15, 0.2) is 0 Å². The molecule has 1 unspecified atom stereocenters. The topological polar surface area (TPSA) is 15.3 Å². The fourth-order valence-corrected chi connectivity index (χ4v) is 4.83. The Morgan fingerprint density at radius 2 is 2.10 bits per heavy atom. The van der Waals surface area contributed by atoms with Crippen LogP contribution in [-0.4, -0.2) is 36.1 Å². The van der Waals surface area contributed by atoms with Gasteiger partial charge in [0.25, 0.3) is 0 Å². The minimum atomic E-state index is 0.265. The van der Waals surface area contributed by atoms with Crippen LogP contribution in [0.2, 0.25) is 0 Å². The van der Waals surface area contributed by atoms with E-state index in [9.17, 15) is 0 Å². The molecule has 1 aromatic rings. The summed E-state index contributed by atoms with van der Waals surface area (Å²) in [6.07, 6.45) is 8.46. The van der Waals surface area contributed by atoms with Crippen LogP contribution in [0.5, 0.6) is 0 Å². The fraction of sp³-hybridized carbons (Fsp3) is 0.778. The first-order chi connectivity index (χ1) is 10.1. The van der Waals surface area contributed by atoms with Gasteiger partial charge in [-0.15, -0.1) is 11.3 Å². The Balaban J connectivity index is 1.64. The maximum atomic E-state index is 3.79. The van der Waals surface area contributed by atoms with E-state index in [1.807, 2.05) is 11.3 Å². The molecular formula is C18H30N2S. The summed E-state index contributed by atoms with van der Waals surface area (Å²) >= 11 is 1.91. The van der Waals surface area contributed by atoms with E-state index in [0.29, 0.717) is 0 Å². The second kappa shape index (κ2) is 6.80. The van der Waals surface area contributed by atoms with E-state index < -0.39 is 0 Å². The number of thiophene rings is 1.